The van der Waals surface area contributed by atoms with E-state index in [2.05, 4.69) is 25.8 Å². The van der Waals surface area contributed by atoms with Crippen molar-refractivity contribution in [3.63, 3.8) is 0 Å². The van der Waals surface area contributed by atoms with Crippen LogP contribution in [-0.2, 0) is 0 Å². The van der Waals surface area contributed by atoms with E-state index in [1.165, 1.54) is 0 Å². The molecule has 0 radical (unpaired) electrons. The number of benzene rings is 1. The first kappa shape index (κ1) is 17.9. The molecule has 144 valence electrons. The van der Waals surface area contributed by atoms with Gasteiger partial charge in [-0.1, -0.05) is 0 Å². The van der Waals surface area contributed by atoms with Gasteiger partial charge in [0.05, 0.1) is 6.61 Å². The number of aryl methyl sites for hydroxylation is 2. The van der Waals surface area contributed by atoms with Gasteiger partial charge < -0.3 is 19.1 Å². The Bertz CT molecular complexity index is 771. The van der Waals surface area contributed by atoms with E-state index >= 15 is 0 Å². The molecule has 1 aromatic carbocycles. The number of piperazine rings is 1. The van der Waals surface area contributed by atoms with Crippen LogP contribution in [0.4, 0.5) is 5.82 Å². The largest absolute Gasteiger partial charge is 0.493 e. The first-order valence-corrected chi connectivity index (χ1v) is 9.49. The number of hydrogen-bond acceptors (Lipinski definition) is 7. The Morgan fingerprint density at radius 3 is 2.63 bits per heavy atom. The highest BCUT2D eigenvalue weighted by Crippen LogP contribution is 2.35. The standard InChI is InChI=1S/C20H26N4O3/c1-15-12-20(22-16(2)21-15)24-9-7-23(8-10-24)6-3-11-25-17-4-5-18-19(13-17)27-14-26-18/h4-5,12-13H,3,6-11,14H2,1-2H3. The zero-order valence-corrected chi connectivity index (χ0v) is 16.0. The van der Waals surface area contributed by atoms with Crippen LogP contribution in [0.3, 0.4) is 0 Å². The number of hydrogen-bond donors (Lipinski definition) is 0. The molecule has 3 heterocycles. The summed E-state index contributed by atoms with van der Waals surface area (Å²) in [5.41, 5.74) is 1.03. The zero-order chi connectivity index (χ0) is 18.6. The molecule has 0 spiro atoms. The van der Waals surface area contributed by atoms with Gasteiger partial charge in [0.2, 0.25) is 6.79 Å². The number of fused-ring (bicyclic) bond motifs is 1. The van der Waals surface area contributed by atoms with Gasteiger partial charge in [-0.2, -0.15) is 0 Å². The molecule has 1 fully saturated rings. The highest BCUT2D eigenvalue weighted by Gasteiger charge is 2.18. The molecule has 2 aliphatic rings. The molecule has 0 bridgehead atoms. The van der Waals surface area contributed by atoms with Crippen LogP contribution in [0.1, 0.15) is 17.9 Å². The van der Waals surface area contributed by atoms with Crippen molar-refractivity contribution in [1.82, 2.24) is 14.9 Å². The predicted octanol–water partition coefficient (Wildman–Crippen LogP) is 2.41. The van der Waals surface area contributed by atoms with Gasteiger partial charge in [0.15, 0.2) is 11.5 Å². The van der Waals surface area contributed by atoms with Crippen LogP contribution in [0, 0.1) is 13.8 Å². The second kappa shape index (κ2) is 8.00. The molecule has 1 aromatic heterocycles. The highest BCUT2D eigenvalue weighted by molar-refractivity contribution is 5.46. The summed E-state index contributed by atoms with van der Waals surface area (Å²) < 4.78 is 16.5. The molecule has 0 unspecified atom stereocenters. The van der Waals surface area contributed by atoms with Crippen LogP contribution >= 0.6 is 0 Å². The molecular formula is C20H26N4O3. The Labute approximate surface area is 159 Å². The molecule has 7 nitrogen and oxygen atoms in total. The quantitative estimate of drug-likeness (QED) is 0.724. The number of aromatic nitrogens is 2. The third-order valence-electron chi connectivity index (χ3n) is 4.88. The molecule has 27 heavy (non-hydrogen) atoms. The van der Waals surface area contributed by atoms with Crippen LogP contribution in [0.5, 0.6) is 17.2 Å². The van der Waals surface area contributed by atoms with E-state index in [9.17, 15) is 0 Å². The smallest absolute Gasteiger partial charge is 0.231 e. The van der Waals surface area contributed by atoms with E-state index in [1.54, 1.807) is 0 Å². The van der Waals surface area contributed by atoms with E-state index in [0.29, 0.717) is 13.4 Å². The molecule has 0 N–H and O–H groups in total. The minimum atomic E-state index is 0.291. The first-order chi connectivity index (χ1) is 13.2. The number of anilines is 1. The summed E-state index contributed by atoms with van der Waals surface area (Å²) in [7, 11) is 0. The van der Waals surface area contributed by atoms with Crippen LogP contribution in [0.15, 0.2) is 24.3 Å². The average molecular weight is 370 g/mol. The van der Waals surface area contributed by atoms with E-state index in [0.717, 1.165) is 73.7 Å². The maximum Gasteiger partial charge on any atom is 0.231 e. The summed E-state index contributed by atoms with van der Waals surface area (Å²) in [5.74, 6) is 4.27. The second-order valence-corrected chi connectivity index (χ2v) is 6.96. The Kier molecular flexibility index (Phi) is 5.29. The topological polar surface area (TPSA) is 60.0 Å². The fourth-order valence-electron chi connectivity index (χ4n) is 3.50. The van der Waals surface area contributed by atoms with E-state index in [-0.39, 0.29) is 0 Å². The fourth-order valence-corrected chi connectivity index (χ4v) is 3.50. The first-order valence-electron chi connectivity index (χ1n) is 9.49. The molecule has 1 saturated heterocycles. The Morgan fingerprint density at radius 1 is 1.00 bits per heavy atom. The zero-order valence-electron chi connectivity index (χ0n) is 16.0. The van der Waals surface area contributed by atoms with Gasteiger partial charge in [-0.3, -0.25) is 4.90 Å². The van der Waals surface area contributed by atoms with Crippen molar-refractivity contribution in [3.8, 4) is 17.2 Å². The van der Waals surface area contributed by atoms with Crippen molar-refractivity contribution < 1.29 is 14.2 Å². The van der Waals surface area contributed by atoms with Gasteiger partial charge >= 0.3 is 0 Å². The number of nitrogens with zero attached hydrogens (tertiary/aromatic N) is 4. The van der Waals surface area contributed by atoms with Gasteiger partial charge in [-0.25, -0.2) is 9.97 Å². The van der Waals surface area contributed by atoms with Gasteiger partial charge in [0.25, 0.3) is 0 Å². The molecule has 0 amide bonds. The monoisotopic (exact) mass is 370 g/mol. The van der Waals surface area contributed by atoms with Crippen LogP contribution in [-0.4, -0.2) is 61.0 Å². The van der Waals surface area contributed by atoms with Crippen molar-refractivity contribution in [2.24, 2.45) is 0 Å². The minimum Gasteiger partial charge on any atom is -0.493 e. The molecule has 0 saturated carbocycles. The van der Waals surface area contributed by atoms with Crippen molar-refractivity contribution in [2.75, 3.05) is 51.0 Å². The Hall–Kier alpha value is -2.54. The summed E-state index contributed by atoms with van der Waals surface area (Å²) in [5, 5.41) is 0. The molecule has 2 aromatic rings. The summed E-state index contributed by atoms with van der Waals surface area (Å²) in [6.07, 6.45) is 1.00. The van der Waals surface area contributed by atoms with E-state index in [4.69, 9.17) is 14.2 Å². The van der Waals surface area contributed by atoms with Gasteiger partial charge in [-0.15, -0.1) is 0 Å². The van der Waals surface area contributed by atoms with Crippen LogP contribution in [0.2, 0.25) is 0 Å². The molecular weight excluding hydrogens is 344 g/mol. The van der Waals surface area contributed by atoms with E-state index < -0.39 is 0 Å². The summed E-state index contributed by atoms with van der Waals surface area (Å²) in [6, 6.07) is 7.79. The van der Waals surface area contributed by atoms with Crippen molar-refractivity contribution in [2.45, 2.75) is 20.3 Å². The van der Waals surface area contributed by atoms with E-state index in [1.807, 2.05) is 32.0 Å². The van der Waals surface area contributed by atoms with Crippen LogP contribution in [0.25, 0.3) is 0 Å². The number of ether oxygens (including phenoxy) is 3. The Morgan fingerprint density at radius 2 is 1.81 bits per heavy atom. The lowest BCUT2D eigenvalue weighted by Crippen LogP contribution is -2.47. The van der Waals surface area contributed by atoms with Crippen molar-refractivity contribution in [3.05, 3.63) is 35.8 Å². The lowest BCUT2D eigenvalue weighted by molar-refractivity contribution is 0.173. The maximum atomic E-state index is 5.85. The summed E-state index contributed by atoms with van der Waals surface area (Å²) >= 11 is 0. The lowest BCUT2D eigenvalue weighted by atomic mass is 10.2. The normalized spacial score (nSPS) is 16.6. The molecule has 7 heteroatoms. The second-order valence-electron chi connectivity index (χ2n) is 6.96. The predicted molar refractivity (Wildman–Crippen MR) is 103 cm³/mol. The van der Waals surface area contributed by atoms with Gasteiger partial charge in [-0.05, 0) is 32.4 Å². The minimum absolute atomic E-state index is 0.291. The van der Waals surface area contributed by atoms with Crippen molar-refractivity contribution >= 4 is 5.82 Å². The van der Waals surface area contributed by atoms with Crippen molar-refractivity contribution in [1.29, 1.82) is 0 Å². The third-order valence-corrected chi connectivity index (χ3v) is 4.88. The average Bonchev–Trinajstić information content (AvgIpc) is 3.13. The number of rotatable bonds is 6. The summed E-state index contributed by atoms with van der Waals surface area (Å²) in [6.45, 7) is 10.1. The SMILES string of the molecule is Cc1cc(N2CCN(CCCOc3ccc4c(c3)OCO4)CC2)nc(C)n1. The highest BCUT2D eigenvalue weighted by atomic mass is 16.7. The van der Waals surface area contributed by atoms with Gasteiger partial charge in [0, 0.05) is 50.6 Å². The summed E-state index contributed by atoms with van der Waals surface area (Å²) in [4.78, 5) is 13.8. The lowest BCUT2D eigenvalue weighted by Gasteiger charge is -2.35. The third kappa shape index (κ3) is 4.42. The molecule has 0 atom stereocenters. The maximum absolute atomic E-state index is 5.85. The van der Waals surface area contributed by atoms with Crippen LogP contribution < -0.4 is 19.1 Å². The van der Waals surface area contributed by atoms with Gasteiger partial charge in [0.1, 0.15) is 17.4 Å². The molecule has 2 aliphatic heterocycles. The molecule has 0 aliphatic carbocycles. The Balaban J connectivity index is 1.19. The molecule has 4 rings (SSSR count). The fraction of sp³-hybridized carbons (Fsp3) is 0.500.